The van der Waals surface area contributed by atoms with Gasteiger partial charge in [0.25, 0.3) is 0 Å². The van der Waals surface area contributed by atoms with Crippen LogP contribution in [-0.4, -0.2) is 0 Å². The van der Waals surface area contributed by atoms with E-state index >= 15 is 0 Å². The van der Waals surface area contributed by atoms with Crippen LogP contribution in [0.15, 0.2) is 5.57 Å². The molecule has 0 saturated heterocycles. The molecule has 0 aromatic rings. The highest BCUT2D eigenvalue weighted by atomic mass is 14.1. The Morgan fingerprint density at radius 3 is 1.62 bits per heavy atom. The van der Waals surface area contributed by atoms with E-state index in [0.717, 1.165) is 0 Å². The Balaban J connectivity index is 4.03. The maximum Gasteiger partial charge on any atom is -0.0170 e. The van der Waals surface area contributed by atoms with Crippen LogP contribution >= 0.6 is 0 Å². The van der Waals surface area contributed by atoms with Crippen molar-refractivity contribution in [2.45, 2.75) is 34.6 Å². The van der Waals surface area contributed by atoms with Gasteiger partial charge in [-0.2, -0.15) is 0 Å². The summed E-state index contributed by atoms with van der Waals surface area (Å²) in [6.45, 7) is 10.6. The van der Waals surface area contributed by atoms with Gasteiger partial charge in [-0.25, -0.2) is 0 Å². The van der Waals surface area contributed by atoms with E-state index in [1.807, 2.05) is 6.92 Å². The molecule has 0 atom stereocenters. The van der Waals surface area contributed by atoms with Gasteiger partial charge in [-0.15, -0.1) is 0 Å². The van der Waals surface area contributed by atoms with E-state index in [0.29, 0.717) is 5.41 Å². The summed E-state index contributed by atoms with van der Waals surface area (Å²) in [6.07, 6.45) is 3.12. The molecule has 0 amide bonds. The van der Waals surface area contributed by atoms with Crippen LogP contribution in [0.2, 0.25) is 0 Å². The molecule has 0 nitrogen and oxygen atoms in total. The zero-order valence-corrected chi connectivity index (χ0v) is 6.50. The van der Waals surface area contributed by atoms with Crippen LogP contribution < -0.4 is 0 Å². The Morgan fingerprint density at radius 2 is 1.62 bits per heavy atom. The van der Waals surface area contributed by atoms with Gasteiger partial charge in [0.1, 0.15) is 0 Å². The third-order valence-corrected chi connectivity index (χ3v) is 1.50. The number of allylic oxidation sites excluding steroid dienone is 2. The lowest BCUT2D eigenvalue weighted by atomic mass is 9.88. The Labute approximate surface area is 52.6 Å². The maximum absolute atomic E-state index is 3.12. The summed E-state index contributed by atoms with van der Waals surface area (Å²) in [5.74, 6) is 0. The zero-order valence-electron chi connectivity index (χ0n) is 6.50. The predicted octanol–water partition coefficient (Wildman–Crippen LogP) is 2.80. The first kappa shape index (κ1) is 7.74. The van der Waals surface area contributed by atoms with E-state index in [4.69, 9.17) is 0 Å². The lowest BCUT2D eigenvalue weighted by Crippen LogP contribution is -2.05. The lowest BCUT2D eigenvalue weighted by Gasteiger charge is -2.18. The molecular weight excluding hydrogens is 96.1 g/mol. The second-order valence-corrected chi connectivity index (χ2v) is 3.12. The molecule has 0 aromatic heterocycles. The van der Waals surface area contributed by atoms with Gasteiger partial charge in [-0.05, 0) is 25.3 Å². The minimum atomic E-state index is 0.314. The largest absolute Gasteiger partial charge is 0.0648 e. The second kappa shape index (κ2) is 2.34. The van der Waals surface area contributed by atoms with Crippen molar-refractivity contribution < 1.29 is 0 Å². The average Bonchev–Trinajstić information content (AvgIpc) is 1.62. The van der Waals surface area contributed by atoms with Gasteiger partial charge < -0.3 is 0 Å². The van der Waals surface area contributed by atoms with Gasteiger partial charge in [-0.3, -0.25) is 0 Å². The van der Waals surface area contributed by atoms with E-state index in [1.165, 1.54) is 5.57 Å². The van der Waals surface area contributed by atoms with Crippen LogP contribution in [-0.2, 0) is 0 Å². The molecule has 0 heterocycles. The Morgan fingerprint density at radius 1 is 1.25 bits per heavy atom. The van der Waals surface area contributed by atoms with Gasteiger partial charge in [0.05, 0.1) is 0 Å². The van der Waals surface area contributed by atoms with Gasteiger partial charge >= 0.3 is 0 Å². The predicted molar refractivity (Wildman–Crippen MR) is 37.6 cm³/mol. The molecule has 0 rings (SSSR count). The molecule has 0 unspecified atom stereocenters. The van der Waals surface area contributed by atoms with Crippen molar-refractivity contribution in [3.05, 3.63) is 11.6 Å². The fourth-order valence-electron chi connectivity index (χ4n) is 0.375. The van der Waals surface area contributed by atoms with Gasteiger partial charge in [0, 0.05) is 0 Å². The topological polar surface area (TPSA) is 0 Å². The Bertz CT molecular complexity index is 91.1. The Hall–Kier alpha value is -0.260. The highest BCUT2D eigenvalue weighted by molar-refractivity contribution is 5.01. The first-order valence-corrected chi connectivity index (χ1v) is 3.00. The van der Waals surface area contributed by atoms with Crippen molar-refractivity contribution in [3.8, 4) is 0 Å². The zero-order chi connectivity index (χ0) is 6.78. The molecule has 8 heavy (non-hydrogen) atoms. The molecule has 1 radical (unpaired) electrons. The van der Waals surface area contributed by atoms with Crippen molar-refractivity contribution in [1.29, 1.82) is 0 Å². The Kier molecular flexibility index (Phi) is 2.26. The van der Waals surface area contributed by atoms with Gasteiger partial charge in [0.2, 0.25) is 0 Å². The van der Waals surface area contributed by atoms with Crippen molar-refractivity contribution in [3.63, 3.8) is 0 Å². The first-order valence-electron chi connectivity index (χ1n) is 3.00. The summed E-state index contributed by atoms with van der Waals surface area (Å²) >= 11 is 0. The normalized spacial score (nSPS) is 14.4. The van der Waals surface area contributed by atoms with Crippen molar-refractivity contribution in [1.82, 2.24) is 0 Å². The van der Waals surface area contributed by atoms with E-state index in [-0.39, 0.29) is 0 Å². The summed E-state index contributed by atoms with van der Waals surface area (Å²) in [5, 5.41) is 0. The van der Waals surface area contributed by atoms with E-state index in [9.17, 15) is 0 Å². The van der Waals surface area contributed by atoms with Crippen LogP contribution in [0, 0.1) is 11.5 Å². The lowest BCUT2D eigenvalue weighted by molar-refractivity contribution is 0.501. The summed E-state index contributed by atoms with van der Waals surface area (Å²) in [5.41, 5.74) is 1.65. The molecule has 47 valence electrons. The van der Waals surface area contributed by atoms with E-state index < -0.39 is 0 Å². The van der Waals surface area contributed by atoms with E-state index in [1.54, 1.807) is 0 Å². The average molecular weight is 111 g/mol. The molecule has 0 aliphatic carbocycles. The van der Waals surface area contributed by atoms with Crippen LogP contribution in [0.4, 0.5) is 0 Å². The minimum absolute atomic E-state index is 0.314. The van der Waals surface area contributed by atoms with Crippen LogP contribution in [0.25, 0.3) is 0 Å². The standard InChI is InChI=1S/C8H15/c1-6-7(2)8(3,4)5/h1-5H3. The monoisotopic (exact) mass is 111 g/mol. The third kappa shape index (κ3) is 2.15. The minimum Gasteiger partial charge on any atom is -0.0648 e. The van der Waals surface area contributed by atoms with Crippen molar-refractivity contribution in [2.75, 3.05) is 0 Å². The van der Waals surface area contributed by atoms with Gasteiger partial charge in [0.15, 0.2) is 0 Å². The highest BCUT2D eigenvalue weighted by Gasteiger charge is 2.10. The maximum atomic E-state index is 3.12. The quantitative estimate of drug-likeness (QED) is 0.451. The van der Waals surface area contributed by atoms with Crippen LogP contribution in [0.1, 0.15) is 34.6 Å². The van der Waals surface area contributed by atoms with E-state index in [2.05, 4.69) is 33.8 Å². The number of hydrogen-bond donors (Lipinski definition) is 0. The fourth-order valence-corrected chi connectivity index (χ4v) is 0.375. The molecule has 0 N–H and O–H groups in total. The highest BCUT2D eigenvalue weighted by Crippen LogP contribution is 2.23. The van der Waals surface area contributed by atoms with Crippen molar-refractivity contribution in [2.24, 2.45) is 5.41 Å². The molecule has 0 aliphatic heterocycles. The molecule has 0 saturated carbocycles. The molecular formula is C8H15. The first-order chi connectivity index (χ1) is 3.48. The third-order valence-electron chi connectivity index (χ3n) is 1.50. The smallest absolute Gasteiger partial charge is 0.0170 e. The molecule has 0 aliphatic rings. The molecule has 0 aromatic carbocycles. The van der Waals surface area contributed by atoms with Crippen LogP contribution in [0.3, 0.4) is 0 Å². The summed E-state index contributed by atoms with van der Waals surface area (Å²) in [4.78, 5) is 0. The number of rotatable bonds is 0. The molecule has 0 heteroatoms. The summed E-state index contributed by atoms with van der Waals surface area (Å²) < 4.78 is 0. The fraction of sp³-hybridized carbons (Fsp3) is 0.750. The number of hydrogen-bond acceptors (Lipinski definition) is 0. The van der Waals surface area contributed by atoms with Crippen molar-refractivity contribution >= 4 is 0 Å². The van der Waals surface area contributed by atoms with Crippen LogP contribution in [0.5, 0.6) is 0 Å². The SMILES string of the molecule is C/[C]=C(\C)C(C)(C)C. The summed E-state index contributed by atoms with van der Waals surface area (Å²) in [7, 11) is 0. The molecule has 0 fully saturated rings. The second-order valence-electron chi connectivity index (χ2n) is 3.12. The van der Waals surface area contributed by atoms with Gasteiger partial charge in [-0.1, -0.05) is 26.3 Å². The summed E-state index contributed by atoms with van der Waals surface area (Å²) in [6, 6.07) is 0. The molecule has 0 spiro atoms. The molecule has 0 bridgehead atoms.